The van der Waals surface area contributed by atoms with Crippen molar-refractivity contribution in [3.8, 4) is 11.1 Å². The zero-order valence-electron chi connectivity index (χ0n) is 15.2. The van der Waals surface area contributed by atoms with Gasteiger partial charge in [-0.25, -0.2) is 8.42 Å². The Balaban J connectivity index is 1.69. The van der Waals surface area contributed by atoms with Gasteiger partial charge < -0.3 is 5.32 Å². The van der Waals surface area contributed by atoms with Crippen LogP contribution in [-0.2, 0) is 9.84 Å². The molecular weight excluding hydrogens is 358 g/mol. The van der Waals surface area contributed by atoms with Crippen LogP contribution in [0.1, 0.15) is 28.9 Å². The molecule has 0 fully saturated rings. The lowest BCUT2D eigenvalue weighted by Crippen LogP contribution is -2.26. The fourth-order valence-electron chi connectivity index (χ4n) is 2.81. The van der Waals surface area contributed by atoms with Crippen molar-refractivity contribution >= 4 is 15.7 Å². The summed E-state index contributed by atoms with van der Waals surface area (Å²) in [6, 6.07) is 23.8. The third-order valence-corrected chi connectivity index (χ3v) is 5.54. The summed E-state index contributed by atoms with van der Waals surface area (Å²) in [7, 11) is -3.23. The van der Waals surface area contributed by atoms with Gasteiger partial charge in [-0.2, -0.15) is 0 Å². The van der Waals surface area contributed by atoms with Crippen molar-refractivity contribution in [3.63, 3.8) is 0 Å². The molecule has 1 N–H and O–H groups in total. The molecule has 138 valence electrons. The van der Waals surface area contributed by atoms with Gasteiger partial charge in [0.15, 0.2) is 9.84 Å². The van der Waals surface area contributed by atoms with Gasteiger partial charge in [0.2, 0.25) is 0 Å². The Morgan fingerprint density at radius 1 is 0.815 bits per heavy atom. The number of hydrogen-bond donors (Lipinski definition) is 1. The number of nitrogens with one attached hydrogen (secondary N) is 1. The molecule has 0 aliphatic carbocycles. The summed E-state index contributed by atoms with van der Waals surface area (Å²) >= 11 is 0. The van der Waals surface area contributed by atoms with Crippen LogP contribution in [0.3, 0.4) is 0 Å². The molecule has 0 saturated carbocycles. The summed E-state index contributed by atoms with van der Waals surface area (Å²) < 4.78 is 23.1. The van der Waals surface area contributed by atoms with Gasteiger partial charge in [0.25, 0.3) is 5.91 Å². The first-order valence-electron chi connectivity index (χ1n) is 8.61. The van der Waals surface area contributed by atoms with Crippen molar-refractivity contribution in [1.29, 1.82) is 0 Å². The van der Waals surface area contributed by atoms with Crippen LogP contribution in [0.25, 0.3) is 11.1 Å². The average Bonchev–Trinajstić information content (AvgIpc) is 2.68. The Bertz CT molecular complexity index is 1030. The highest BCUT2D eigenvalue weighted by atomic mass is 32.2. The summed E-state index contributed by atoms with van der Waals surface area (Å²) in [5.74, 6) is -0.172. The van der Waals surface area contributed by atoms with Crippen LogP contribution in [0, 0.1) is 0 Å². The van der Waals surface area contributed by atoms with E-state index in [0.717, 1.165) is 16.7 Å². The fraction of sp³-hybridized carbons (Fsp3) is 0.136. The van der Waals surface area contributed by atoms with Crippen LogP contribution in [-0.4, -0.2) is 20.6 Å². The molecule has 3 aromatic rings. The minimum Gasteiger partial charge on any atom is -0.346 e. The molecule has 0 aliphatic rings. The molecule has 0 bridgehead atoms. The van der Waals surface area contributed by atoms with Crippen molar-refractivity contribution in [2.75, 3.05) is 6.26 Å². The third-order valence-electron chi connectivity index (χ3n) is 4.41. The van der Waals surface area contributed by atoms with Crippen LogP contribution in [0.2, 0.25) is 0 Å². The van der Waals surface area contributed by atoms with Crippen molar-refractivity contribution in [1.82, 2.24) is 5.32 Å². The monoisotopic (exact) mass is 379 g/mol. The smallest absolute Gasteiger partial charge is 0.251 e. The van der Waals surface area contributed by atoms with Gasteiger partial charge in [-0.05, 0) is 47.9 Å². The predicted octanol–water partition coefficient (Wildman–Crippen LogP) is 4.25. The number of rotatable bonds is 5. The van der Waals surface area contributed by atoms with E-state index in [1.165, 1.54) is 6.26 Å². The normalized spacial score (nSPS) is 12.4. The highest BCUT2D eigenvalue weighted by Crippen LogP contribution is 2.20. The van der Waals surface area contributed by atoms with Crippen molar-refractivity contribution in [3.05, 3.63) is 90.0 Å². The molecule has 0 radical (unpaired) electrons. The minimum atomic E-state index is -3.23. The summed E-state index contributed by atoms with van der Waals surface area (Å²) in [4.78, 5) is 12.8. The van der Waals surface area contributed by atoms with Crippen LogP contribution < -0.4 is 5.32 Å². The topological polar surface area (TPSA) is 63.2 Å². The summed E-state index contributed by atoms with van der Waals surface area (Å²) in [5.41, 5.74) is 3.58. The first-order chi connectivity index (χ1) is 12.8. The van der Waals surface area contributed by atoms with Crippen LogP contribution >= 0.6 is 0 Å². The van der Waals surface area contributed by atoms with E-state index in [0.29, 0.717) is 5.56 Å². The number of sulfone groups is 1. The van der Waals surface area contributed by atoms with Crippen LogP contribution in [0.5, 0.6) is 0 Å². The van der Waals surface area contributed by atoms with Gasteiger partial charge >= 0.3 is 0 Å². The lowest BCUT2D eigenvalue weighted by molar-refractivity contribution is 0.0940. The van der Waals surface area contributed by atoms with Gasteiger partial charge in [0.1, 0.15) is 0 Å². The number of hydrogen-bond acceptors (Lipinski definition) is 3. The number of carbonyl (C=O) groups is 1. The maximum absolute atomic E-state index is 12.5. The average molecular weight is 379 g/mol. The molecular formula is C22H21NO3S. The lowest BCUT2D eigenvalue weighted by Gasteiger charge is -2.15. The molecule has 0 saturated heterocycles. The van der Waals surface area contributed by atoms with E-state index >= 15 is 0 Å². The van der Waals surface area contributed by atoms with Gasteiger partial charge in [-0.15, -0.1) is 0 Å². The lowest BCUT2D eigenvalue weighted by atomic mass is 10.0. The second kappa shape index (κ2) is 7.76. The number of amides is 1. The van der Waals surface area contributed by atoms with E-state index in [-0.39, 0.29) is 16.8 Å². The molecule has 0 unspecified atom stereocenters. The van der Waals surface area contributed by atoms with E-state index in [2.05, 4.69) is 5.32 Å². The third kappa shape index (κ3) is 4.63. The minimum absolute atomic E-state index is 0.172. The predicted molar refractivity (Wildman–Crippen MR) is 107 cm³/mol. The van der Waals surface area contributed by atoms with Gasteiger partial charge in [0.05, 0.1) is 10.9 Å². The Morgan fingerprint density at radius 3 is 1.93 bits per heavy atom. The Labute approximate surface area is 159 Å². The van der Waals surface area contributed by atoms with E-state index in [1.807, 2.05) is 49.4 Å². The number of carbonyl (C=O) groups excluding carboxylic acids is 1. The molecule has 0 aromatic heterocycles. The molecule has 1 amide bonds. The summed E-state index contributed by atoms with van der Waals surface area (Å²) in [5, 5.41) is 2.94. The van der Waals surface area contributed by atoms with Crippen molar-refractivity contribution in [2.24, 2.45) is 0 Å². The van der Waals surface area contributed by atoms with E-state index in [4.69, 9.17) is 0 Å². The Kier molecular flexibility index (Phi) is 5.42. The Hall–Kier alpha value is -2.92. The molecule has 3 aromatic carbocycles. The second-order valence-electron chi connectivity index (χ2n) is 6.48. The molecule has 0 spiro atoms. The molecule has 0 heterocycles. The molecule has 27 heavy (non-hydrogen) atoms. The SMILES string of the molecule is C[C@@H](NC(=O)c1ccc(-c2ccccc2)cc1)c1ccc(S(C)(=O)=O)cc1. The molecule has 3 rings (SSSR count). The van der Waals surface area contributed by atoms with Gasteiger partial charge in [-0.3, -0.25) is 4.79 Å². The second-order valence-corrected chi connectivity index (χ2v) is 8.50. The zero-order valence-corrected chi connectivity index (χ0v) is 16.0. The molecule has 1 atom stereocenters. The maximum atomic E-state index is 12.5. The van der Waals surface area contributed by atoms with E-state index < -0.39 is 9.84 Å². The zero-order chi connectivity index (χ0) is 19.4. The van der Waals surface area contributed by atoms with Gasteiger partial charge in [0, 0.05) is 11.8 Å². The Morgan fingerprint density at radius 2 is 1.37 bits per heavy atom. The van der Waals surface area contributed by atoms with E-state index in [9.17, 15) is 13.2 Å². The largest absolute Gasteiger partial charge is 0.346 e. The molecule has 4 nitrogen and oxygen atoms in total. The molecule has 5 heteroatoms. The fourth-order valence-corrected chi connectivity index (χ4v) is 3.44. The van der Waals surface area contributed by atoms with E-state index in [1.54, 1.807) is 36.4 Å². The summed E-state index contributed by atoms with van der Waals surface area (Å²) in [6.07, 6.45) is 1.17. The first kappa shape index (κ1) is 18.9. The van der Waals surface area contributed by atoms with Gasteiger partial charge in [-0.1, -0.05) is 54.6 Å². The highest BCUT2D eigenvalue weighted by molar-refractivity contribution is 7.90. The van der Waals surface area contributed by atoms with Crippen LogP contribution in [0.4, 0.5) is 0 Å². The number of benzene rings is 3. The first-order valence-corrected chi connectivity index (χ1v) is 10.5. The standard InChI is InChI=1S/C22H21NO3S/c1-16(17-12-14-21(15-13-17)27(2,25)26)23-22(24)20-10-8-19(9-11-20)18-6-4-3-5-7-18/h3-16H,1-2H3,(H,23,24)/t16-/m1/s1. The maximum Gasteiger partial charge on any atom is 0.251 e. The van der Waals surface area contributed by atoms with Crippen molar-refractivity contribution < 1.29 is 13.2 Å². The van der Waals surface area contributed by atoms with Crippen molar-refractivity contribution in [2.45, 2.75) is 17.9 Å². The summed E-state index contributed by atoms with van der Waals surface area (Å²) in [6.45, 7) is 1.87. The van der Waals surface area contributed by atoms with Crippen LogP contribution in [0.15, 0.2) is 83.8 Å². The molecule has 0 aliphatic heterocycles. The highest BCUT2D eigenvalue weighted by Gasteiger charge is 2.13. The quantitative estimate of drug-likeness (QED) is 0.721.